The normalized spacial score (nSPS) is 20.9. The highest BCUT2D eigenvalue weighted by Crippen LogP contribution is 2.48. The lowest BCUT2D eigenvalue weighted by Gasteiger charge is -2.34. The van der Waals surface area contributed by atoms with E-state index in [1.165, 1.54) is 5.56 Å². The van der Waals surface area contributed by atoms with Crippen LogP contribution in [0.25, 0.3) is 11.0 Å². The number of nitrogens with zero attached hydrogens (tertiary/aromatic N) is 2. The minimum Gasteiger partial charge on any atom is -0.422 e. The van der Waals surface area contributed by atoms with Crippen molar-refractivity contribution in [2.24, 2.45) is 5.92 Å². The van der Waals surface area contributed by atoms with Crippen molar-refractivity contribution >= 4 is 22.8 Å². The van der Waals surface area contributed by atoms with Crippen LogP contribution in [0.2, 0.25) is 0 Å². The van der Waals surface area contributed by atoms with E-state index < -0.39 is 5.63 Å². The summed E-state index contributed by atoms with van der Waals surface area (Å²) in [4.78, 5) is 41.5. The lowest BCUT2D eigenvalue weighted by Crippen LogP contribution is -2.51. The summed E-state index contributed by atoms with van der Waals surface area (Å²) in [6.45, 7) is 1.81. The number of hydrogen-bond donors (Lipinski definition) is 0. The van der Waals surface area contributed by atoms with Crippen molar-refractivity contribution in [2.45, 2.75) is 12.3 Å². The summed E-state index contributed by atoms with van der Waals surface area (Å²) in [5, 5.41) is 0.718. The van der Waals surface area contributed by atoms with Crippen molar-refractivity contribution < 1.29 is 14.0 Å². The van der Waals surface area contributed by atoms with E-state index in [9.17, 15) is 14.4 Å². The molecule has 2 heterocycles. The predicted octanol–water partition coefficient (Wildman–Crippen LogP) is 2.88. The molecule has 2 aromatic carbocycles. The van der Waals surface area contributed by atoms with E-state index in [0.717, 1.165) is 11.8 Å². The molecule has 2 fully saturated rings. The first-order valence-corrected chi connectivity index (χ1v) is 10.3. The third-order valence-corrected chi connectivity index (χ3v) is 6.09. The molecule has 1 saturated heterocycles. The van der Waals surface area contributed by atoms with Gasteiger partial charge in [-0.1, -0.05) is 48.5 Å². The van der Waals surface area contributed by atoms with E-state index in [1.807, 2.05) is 35.2 Å². The number of benzene rings is 2. The van der Waals surface area contributed by atoms with Gasteiger partial charge in [0, 0.05) is 37.5 Å². The Balaban J connectivity index is 1.23. The van der Waals surface area contributed by atoms with Gasteiger partial charge in [0.05, 0.1) is 0 Å². The maximum absolute atomic E-state index is 12.9. The molecule has 1 saturated carbocycles. The third kappa shape index (κ3) is 3.38. The predicted molar refractivity (Wildman–Crippen MR) is 112 cm³/mol. The molecule has 1 aliphatic heterocycles. The average molecular weight is 402 g/mol. The van der Waals surface area contributed by atoms with Crippen molar-refractivity contribution in [3.63, 3.8) is 0 Å². The van der Waals surface area contributed by atoms with Gasteiger partial charge in [-0.2, -0.15) is 0 Å². The molecule has 2 aliphatic rings. The second kappa shape index (κ2) is 7.44. The van der Waals surface area contributed by atoms with Crippen molar-refractivity contribution in [1.29, 1.82) is 0 Å². The fourth-order valence-electron chi connectivity index (χ4n) is 4.28. The third-order valence-electron chi connectivity index (χ3n) is 6.09. The summed E-state index contributed by atoms with van der Waals surface area (Å²) in [5.74, 6) is 0.180. The van der Waals surface area contributed by atoms with Crippen LogP contribution in [0.1, 0.15) is 28.3 Å². The quantitative estimate of drug-likeness (QED) is 0.632. The van der Waals surface area contributed by atoms with Crippen LogP contribution in [0.15, 0.2) is 69.9 Å². The Kier molecular flexibility index (Phi) is 4.62. The smallest absolute Gasteiger partial charge is 0.349 e. The first-order chi connectivity index (χ1) is 14.6. The Morgan fingerprint density at radius 1 is 0.867 bits per heavy atom. The van der Waals surface area contributed by atoms with Gasteiger partial charge >= 0.3 is 5.63 Å². The lowest BCUT2D eigenvalue weighted by molar-refractivity contribution is -0.134. The summed E-state index contributed by atoms with van der Waals surface area (Å²) >= 11 is 0. The highest BCUT2D eigenvalue weighted by atomic mass is 16.4. The zero-order chi connectivity index (χ0) is 20.7. The Morgan fingerprint density at radius 2 is 1.53 bits per heavy atom. The van der Waals surface area contributed by atoms with Gasteiger partial charge < -0.3 is 14.2 Å². The van der Waals surface area contributed by atoms with Crippen molar-refractivity contribution in [2.75, 3.05) is 26.2 Å². The monoisotopic (exact) mass is 402 g/mol. The van der Waals surface area contributed by atoms with E-state index >= 15 is 0 Å². The van der Waals surface area contributed by atoms with Crippen LogP contribution < -0.4 is 5.63 Å². The fraction of sp³-hybridized carbons (Fsp3) is 0.292. The second-order valence-corrected chi connectivity index (χ2v) is 7.96. The van der Waals surface area contributed by atoms with E-state index in [2.05, 4.69) is 12.1 Å². The zero-order valence-electron chi connectivity index (χ0n) is 16.5. The summed E-state index contributed by atoms with van der Waals surface area (Å²) in [7, 11) is 0. The molecule has 1 aliphatic carbocycles. The molecule has 2 atom stereocenters. The SMILES string of the molecule is O=C(c1cc2ccccc2oc1=O)N1CCN(C(=O)[C@@H]2C[C@H]2c2ccccc2)CC1. The van der Waals surface area contributed by atoms with Gasteiger partial charge in [0.15, 0.2) is 0 Å². The van der Waals surface area contributed by atoms with Crippen molar-refractivity contribution in [3.05, 3.63) is 82.2 Å². The van der Waals surface area contributed by atoms with Gasteiger partial charge in [-0.3, -0.25) is 9.59 Å². The molecule has 0 N–H and O–H groups in total. The van der Waals surface area contributed by atoms with E-state index in [1.54, 1.807) is 23.1 Å². The van der Waals surface area contributed by atoms with Gasteiger partial charge in [0.1, 0.15) is 11.1 Å². The minimum absolute atomic E-state index is 0.0415. The van der Waals surface area contributed by atoms with Crippen LogP contribution in [0.5, 0.6) is 0 Å². The van der Waals surface area contributed by atoms with Gasteiger partial charge in [-0.05, 0) is 30.0 Å². The maximum Gasteiger partial charge on any atom is 0.349 e. The zero-order valence-corrected chi connectivity index (χ0v) is 16.5. The van der Waals surface area contributed by atoms with Gasteiger partial charge in [0.25, 0.3) is 5.91 Å². The summed E-state index contributed by atoms with van der Waals surface area (Å²) in [6.07, 6.45) is 0.889. The lowest BCUT2D eigenvalue weighted by atomic mass is 10.1. The molecule has 6 heteroatoms. The number of rotatable bonds is 3. The molecular formula is C24H22N2O4. The molecule has 5 rings (SSSR count). The molecule has 6 nitrogen and oxygen atoms in total. The largest absolute Gasteiger partial charge is 0.422 e. The number of carbonyl (C=O) groups excluding carboxylic acids is 2. The average Bonchev–Trinajstić information content (AvgIpc) is 3.59. The number of fused-ring (bicyclic) bond motifs is 1. The van der Waals surface area contributed by atoms with Crippen molar-refractivity contribution in [3.8, 4) is 0 Å². The van der Waals surface area contributed by atoms with Crippen LogP contribution in [-0.2, 0) is 4.79 Å². The number of amides is 2. The highest BCUT2D eigenvalue weighted by Gasteiger charge is 2.46. The Bertz CT molecular complexity index is 1160. The first-order valence-electron chi connectivity index (χ1n) is 10.3. The molecule has 30 heavy (non-hydrogen) atoms. The molecule has 0 radical (unpaired) electrons. The molecule has 152 valence electrons. The summed E-state index contributed by atoms with van der Waals surface area (Å²) in [6, 6.07) is 18.9. The molecule has 3 aromatic rings. The molecule has 1 aromatic heterocycles. The van der Waals surface area contributed by atoms with Gasteiger partial charge in [0.2, 0.25) is 5.91 Å². The Morgan fingerprint density at radius 3 is 2.30 bits per heavy atom. The topological polar surface area (TPSA) is 70.8 Å². The Labute approximate surface area is 173 Å². The fourth-order valence-corrected chi connectivity index (χ4v) is 4.28. The second-order valence-electron chi connectivity index (χ2n) is 7.96. The van der Waals surface area contributed by atoms with Crippen LogP contribution in [0, 0.1) is 5.92 Å². The van der Waals surface area contributed by atoms with Gasteiger partial charge in [-0.15, -0.1) is 0 Å². The van der Waals surface area contributed by atoms with Crippen LogP contribution in [0.3, 0.4) is 0 Å². The Hall–Kier alpha value is -3.41. The molecule has 2 amide bonds. The maximum atomic E-state index is 12.9. The van der Waals surface area contributed by atoms with Gasteiger partial charge in [-0.25, -0.2) is 4.79 Å². The molecular weight excluding hydrogens is 380 g/mol. The number of carbonyl (C=O) groups is 2. The first kappa shape index (κ1) is 18.6. The van der Waals surface area contributed by atoms with Crippen LogP contribution in [-0.4, -0.2) is 47.8 Å². The van der Waals surface area contributed by atoms with E-state index in [-0.39, 0.29) is 23.3 Å². The molecule has 0 unspecified atom stereocenters. The minimum atomic E-state index is -0.624. The molecule has 0 bridgehead atoms. The van der Waals surface area contributed by atoms with E-state index in [4.69, 9.17) is 4.42 Å². The highest BCUT2D eigenvalue weighted by molar-refractivity contribution is 5.96. The summed E-state index contributed by atoms with van der Waals surface area (Å²) < 4.78 is 5.29. The standard InChI is InChI=1S/C24H22N2O4/c27-22(19-15-18(19)16-6-2-1-3-7-16)25-10-12-26(13-11-25)23(28)20-14-17-8-4-5-9-21(17)30-24(20)29/h1-9,14,18-19H,10-13,15H2/t18-,19+/m0/s1. The van der Waals surface area contributed by atoms with Crippen LogP contribution in [0.4, 0.5) is 0 Å². The van der Waals surface area contributed by atoms with E-state index in [0.29, 0.717) is 37.7 Å². The molecule has 0 spiro atoms. The van der Waals surface area contributed by atoms with Crippen molar-refractivity contribution in [1.82, 2.24) is 9.80 Å². The number of piperazine rings is 1. The van der Waals surface area contributed by atoms with Crippen LogP contribution >= 0.6 is 0 Å². The number of hydrogen-bond acceptors (Lipinski definition) is 4. The number of para-hydroxylation sites is 1. The summed E-state index contributed by atoms with van der Waals surface area (Å²) in [5.41, 5.74) is 1.10.